The summed E-state index contributed by atoms with van der Waals surface area (Å²) in [4.78, 5) is 4.19. The molecule has 3 aromatic heterocycles. The molecule has 0 amide bonds. The van der Waals surface area contributed by atoms with E-state index < -0.39 is 0 Å². The van der Waals surface area contributed by atoms with Crippen molar-refractivity contribution >= 4 is 43.5 Å². The lowest BCUT2D eigenvalue weighted by Gasteiger charge is -2.11. The van der Waals surface area contributed by atoms with Crippen LogP contribution < -0.4 is 0 Å². The maximum Gasteiger partial charge on any atom is 0.0547 e. The highest BCUT2D eigenvalue weighted by Crippen LogP contribution is 2.39. The number of para-hydroxylation sites is 2. The highest BCUT2D eigenvalue weighted by molar-refractivity contribution is 6.25. The van der Waals surface area contributed by atoms with Gasteiger partial charge in [0.15, 0.2) is 0 Å². The van der Waals surface area contributed by atoms with Gasteiger partial charge >= 0.3 is 0 Å². The first-order valence-electron chi connectivity index (χ1n) is 12.9. The highest BCUT2D eigenvalue weighted by atomic mass is 15.0. The van der Waals surface area contributed by atoms with Crippen molar-refractivity contribution in [1.82, 2.24) is 14.1 Å². The molecule has 38 heavy (non-hydrogen) atoms. The molecule has 0 aliphatic carbocycles. The van der Waals surface area contributed by atoms with Gasteiger partial charge in [-0.1, -0.05) is 60.7 Å². The van der Waals surface area contributed by atoms with Crippen molar-refractivity contribution in [1.29, 1.82) is 0 Å². The van der Waals surface area contributed by atoms with E-state index in [1.807, 2.05) is 12.4 Å². The van der Waals surface area contributed by atoms with E-state index in [1.165, 1.54) is 60.3 Å². The second-order valence-electron chi connectivity index (χ2n) is 9.71. The Morgan fingerprint density at radius 2 is 1.21 bits per heavy atom. The average Bonchev–Trinajstić information content (AvgIpc) is 3.58. The Hall–Kier alpha value is -5.15. The number of rotatable bonds is 3. The summed E-state index contributed by atoms with van der Waals surface area (Å²) < 4.78 is 4.67. The Bertz CT molecular complexity index is 2120. The first kappa shape index (κ1) is 21.0. The van der Waals surface area contributed by atoms with Crippen molar-refractivity contribution < 1.29 is 0 Å². The summed E-state index contributed by atoms with van der Waals surface area (Å²) in [5.41, 5.74) is 8.32. The number of fused-ring (bicyclic) bond motifs is 7. The van der Waals surface area contributed by atoms with Crippen LogP contribution in [0.5, 0.6) is 0 Å². The maximum absolute atomic E-state index is 4.19. The van der Waals surface area contributed by atoms with E-state index in [2.05, 4.69) is 142 Å². The van der Waals surface area contributed by atoms with E-state index in [1.54, 1.807) is 0 Å². The Kier molecular flexibility index (Phi) is 4.52. The molecule has 5 aromatic carbocycles. The summed E-state index contributed by atoms with van der Waals surface area (Å²) in [5.74, 6) is 0. The van der Waals surface area contributed by atoms with E-state index in [-0.39, 0.29) is 0 Å². The van der Waals surface area contributed by atoms with Crippen LogP contribution in [0.1, 0.15) is 0 Å². The van der Waals surface area contributed by atoms with Gasteiger partial charge in [0, 0.05) is 46.1 Å². The van der Waals surface area contributed by atoms with Gasteiger partial charge in [-0.15, -0.1) is 0 Å². The Morgan fingerprint density at radius 3 is 2.11 bits per heavy atom. The number of aromatic nitrogens is 3. The summed E-state index contributed by atoms with van der Waals surface area (Å²) >= 11 is 0. The fourth-order valence-corrected chi connectivity index (χ4v) is 5.96. The van der Waals surface area contributed by atoms with Crippen LogP contribution >= 0.6 is 0 Å². The van der Waals surface area contributed by atoms with Gasteiger partial charge in [0.2, 0.25) is 0 Å². The molecule has 178 valence electrons. The fraction of sp³-hybridized carbons (Fsp3) is 0. The Labute approximate surface area is 219 Å². The average molecular weight is 486 g/mol. The molecule has 0 saturated carbocycles. The van der Waals surface area contributed by atoms with Crippen LogP contribution in [0.25, 0.3) is 66.0 Å². The maximum atomic E-state index is 4.19. The van der Waals surface area contributed by atoms with Crippen molar-refractivity contribution in [3.63, 3.8) is 0 Å². The van der Waals surface area contributed by atoms with Gasteiger partial charge in [0.05, 0.1) is 16.6 Å². The third kappa shape index (κ3) is 3.06. The molecule has 0 spiro atoms. The molecule has 0 bridgehead atoms. The number of benzene rings is 5. The van der Waals surface area contributed by atoms with Gasteiger partial charge in [-0.2, -0.15) is 0 Å². The number of hydrogen-bond donors (Lipinski definition) is 0. The van der Waals surface area contributed by atoms with E-state index in [0.29, 0.717) is 0 Å². The van der Waals surface area contributed by atoms with Crippen LogP contribution in [-0.4, -0.2) is 14.1 Å². The zero-order chi connectivity index (χ0) is 25.1. The van der Waals surface area contributed by atoms with Gasteiger partial charge in [-0.05, 0) is 82.6 Å². The lowest BCUT2D eigenvalue weighted by Crippen LogP contribution is -1.94. The normalized spacial score (nSPS) is 11.7. The van der Waals surface area contributed by atoms with Gasteiger partial charge in [0.1, 0.15) is 0 Å². The van der Waals surface area contributed by atoms with Crippen LogP contribution in [0.2, 0.25) is 0 Å². The summed E-state index contributed by atoms with van der Waals surface area (Å²) in [6.45, 7) is 0. The minimum atomic E-state index is 1.15. The largest absolute Gasteiger partial charge is 0.317 e. The summed E-state index contributed by atoms with van der Waals surface area (Å²) in [7, 11) is 0. The fourth-order valence-electron chi connectivity index (χ4n) is 5.96. The van der Waals surface area contributed by atoms with Crippen molar-refractivity contribution in [2.24, 2.45) is 0 Å². The van der Waals surface area contributed by atoms with E-state index in [4.69, 9.17) is 0 Å². The molecule has 0 fully saturated rings. The molecule has 0 aliphatic rings. The molecule has 8 rings (SSSR count). The minimum absolute atomic E-state index is 1.15. The molecule has 0 aliphatic heterocycles. The Morgan fingerprint density at radius 1 is 0.447 bits per heavy atom. The van der Waals surface area contributed by atoms with Gasteiger partial charge in [-0.25, -0.2) is 0 Å². The molecule has 3 nitrogen and oxygen atoms in total. The number of hydrogen-bond acceptors (Lipinski definition) is 1. The summed E-state index contributed by atoms with van der Waals surface area (Å²) in [5, 5.41) is 6.38. The molecule has 0 radical (unpaired) electrons. The molecular formula is C35H23N3. The van der Waals surface area contributed by atoms with Crippen molar-refractivity contribution in [2.45, 2.75) is 0 Å². The third-order valence-corrected chi connectivity index (χ3v) is 7.65. The zero-order valence-corrected chi connectivity index (χ0v) is 20.6. The summed E-state index contributed by atoms with van der Waals surface area (Å²) in [6, 6.07) is 43.6. The van der Waals surface area contributed by atoms with Gasteiger partial charge in [-0.3, -0.25) is 4.98 Å². The lowest BCUT2D eigenvalue weighted by molar-refractivity contribution is 1.13. The number of pyridine rings is 1. The molecule has 0 unspecified atom stereocenters. The van der Waals surface area contributed by atoms with Crippen LogP contribution in [-0.2, 0) is 0 Å². The second kappa shape index (κ2) is 8.19. The standard InChI is InChI=1S/C35H23N3/c1-2-8-26(9-3-1)37-22-19-29-28-13-16-34-35(30(28)14-15-32(29)37)31-11-4-5-12-33(31)38(34)27-10-6-7-25(23-27)24-17-20-36-21-18-24/h1-23H. The van der Waals surface area contributed by atoms with Crippen LogP contribution in [0, 0.1) is 0 Å². The highest BCUT2D eigenvalue weighted by Gasteiger charge is 2.17. The van der Waals surface area contributed by atoms with Crippen LogP contribution in [0.4, 0.5) is 0 Å². The SMILES string of the molecule is c1ccc(-n2ccc3c4ccc5c(c4ccc32)c2ccccc2n5-c2cccc(-c3ccncc3)c2)cc1. The minimum Gasteiger partial charge on any atom is -0.317 e. The van der Waals surface area contributed by atoms with E-state index in [0.717, 1.165) is 5.69 Å². The quantitative estimate of drug-likeness (QED) is 0.245. The molecule has 0 atom stereocenters. The van der Waals surface area contributed by atoms with E-state index in [9.17, 15) is 0 Å². The third-order valence-electron chi connectivity index (χ3n) is 7.65. The topological polar surface area (TPSA) is 22.8 Å². The first-order valence-corrected chi connectivity index (χ1v) is 12.9. The van der Waals surface area contributed by atoms with Crippen LogP contribution in [0.15, 0.2) is 140 Å². The van der Waals surface area contributed by atoms with E-state index >= 15 is 0 Å². The smallest absolute Gasteiger partial charge is 0.0547 e. The number of nitrogens with zero attached hydrogens (tertiary/aromatic N) is 3. The molecule has 3 heterocycles. The van der Waals surface area contributed by atoms with Gasteiger partial charge in [0.25, 0.3) is 0 Å². The predicted molar refractivity (Wildman–Crippen MR) is 158 cm³/mol. The predicted octanol–water partition coefficient (Wildman–Crippen LogP) is 8.94. The van der Waals surface area contributed by atoms with Crippen molar-refractivity contribution in [3.05, 3.63) is 140 Å². The van der Waals surface area contributed by atoms with Gasteiger partial charge < -0.3 is 9.13 Å². The lowest BCUT2D eigenvalue weighted by atomic mass is 10.0. The molecular weight excluding hydrogens is 462 g/mol. The van der Waals surface area contributed by atoms with Crippen LogP contribution in [0.3, 0.4) is 0 Å². The molecule has 3 heteroatoms. The molecule has 0 N–H and O–H groups in total. The monoisotopic (exact) mass is 485 g/mol. The first-order chi connectivity index (χ1) is 18.9. The molecule has 8 aromatic rings. The zero-order valence-electron chi connectivity index (χ0n) is 20.6. The second-order valence-corrected chi connectivity index (χ2v) is 9.71. The van der Waals surface area contributed by atoms with Crippen molar-refractivity contribution in [3.8, 4) is 22.5 Å². The molecule has 0 saturated heterocycles. The summed E-state index contributed by atoms with van der Waals surface area (Å²) in [6.07, 6.45) is 5.87. The Balaban J connectivity index is 1.41. The van der Waals surface area contributed by atoms with Crippen molar-refractivity contribution in [2.75, 3.05) is 0 Å².